The highest BCUT2D eigenvalue weighted by atomic mass is 16.5. The molecule has 0 bridgehead atoms. The topological polar surface area (TPSA) is 58.6 Å². The average Bonchev–Trinajstić information content (AvgIpc) is 3.20. The first-order valence-corrected chi connectivity index (χ1v) is 10.7. The van der Waals surface area contributed by atoms with Crippen molar-refractivity contribution in [1.82, 2.24) is 5.32 Å². The monoisotopic (exact) mass is 394 g/mol. The number of dihydropyridines is 1. The fourth-order valence-electron chi connectivity index (χ4n) is 4.77. The number of ketones is 1. The number of benzene rings is 1. The Labute approximate surface area is 172 Å². The lowest BCUT2D eigenvalue weighted by atomic mass is 9.75. The molecule has 4 rings (SSSR count). The summed E-state index contributed by atoms with van der Waals surface area (Å²) in [5.74, 6) is -0.503. The van der Waals surface area contributed by atoms with Crippen molar-refractivity contribution in [3.8, 4) is 0 Å². The number of hydrogen-bond donors (Lipinski definition) is 1. The number of allylic oxidation sites excluding steroid dienone is 3. The lowest BCUT2D eigenvalue weighted by Crippen LogP contribution is -2.35. The molecule has 1 aromatic rings. The Balaban J connectivity index is 1.74. The lowest BCUT2D eigenvalue weighted by molar-refractivity contribution is -0.144. The molecule has 1 aromatic carbocycles. The minimum absolute atomic E-state index is 0.00278. The Hall–Kier alpha value is -2.56. The summed E-state index contributed by atoms with van der Waals surface area (Å²) in [6.07, 6.45) is 6.31. The maximum absolute atomic E-state index is 13.2. The van der Waals surface area contributed by atoms with Crippen LogP contribution in [-0.2, 0) is 14.3 Å². The number of Topliss-reactive ketones (excluding diaryl/α,β-unsaturated/α-hetero) is 1. The smallest absolute Gasteiger partial charge is 0.337 e. The van der Waals surface area contributed by atoms with E-state index < -0.39 is 0 Å². The molecule has 1 N–H and O–H groups in total. The number of esters is 1. The van der Waals surface area contributed by atoms with Gasteiger partial charge in [-0.3, -0.25) is 4.79 Å². The van der Waals surface area contributed by atoms with Crippen molar-refractivity contribution in [1.29, 1.82) is 0 Å². The quantitative estimate of drug-likeness (QED) is 0.776. The molecule has 2 aliphatic carbocycles. The molecule has 1 fully saturated rings. The van der Waals surface area contributed by atoms with Gasteiger partial charge in [0, 0.05) is 49.1 Å². The van der Waals surface area contributed by atoms with Crippen LogP contribution in [0.5, 0.6) is 0 Å². The van der Waals surface area contributed by atoms with Gasteiger partial charge < -0.3 is 15.0 Å². The maximum atomic E-state index is 13.2. The number of carbonyl (C=O) groups excluding carboxylic acids is 2. The van der Waals surface area contributed by atoms with Gasteiger partial charge in [-0.2, -0.15) is 0 Å². The van der Waals surface area contributed by atoms with Crippen molar-refractivity contribution in [3.05, 3.63) is 52.4 Å². The molecule has 0 amide bonds. The van der Waals surface area contributed by atoms with Crippen LogP contribution in [0, 0.1) is 0 Å². The zero-order chi connectivity index (χ0) is 20.5. The van der Waals surface area contributed by atoms with Crippen molar-refractivity contribution in [3.63, 3.8) is 0 Å². The molecule has 3 aliphatic rings. The third kappa shape index (κ3) is 3.83. The maximum Gasteiger partial charge on any atom is 0.337 e. The van der Waals surface area contributed by atoms with E-state index in [1.165, 1.54) is 0 Å². The number of anilines is 1. The average molecular weight is 395 g/mol. The lowest BCUT2D eigenvalue weighted by Gasteiger charge is -2.34. The molecule has 0 radical (unpaired) electrons. The summed E-state index contributed by atoms with van der Waals surface area (Å²) in [4.78, 5) is 28.2. The minimum Gasteiger partial charge on any atom is -0.459 e. The van der Waals surface area contributed by atoms with Crippen molar-refractivity contribution in [2.45, 2.75) is 63.9 Å². The summed E-state index contributed by atoms with van der Waals surface area (Å²) in [5, 5.41) is 3.36. The van der Waals surface area contributed by atoms with Crippen LogP contribution in [0.25, 0.3) is 0 Å². The van der Waals surface area contributed by atoms with E-state index in [0.29, 0.717) is 12.0 Å². The molecule has 0 unspecified atom stereocenters. The number of nitrogens with one attached hydrogen (secondary N) is 1. The van der Waals surface area contributed by atoms with E-state index in [9.17, 15) is 9.59 Å². The molecule has 154 valence electrons. The van der Waals surface area contributed by atoms with Gasteiger partial charge in [-0.1, -0.05) is 12.1 Å². The summed E-state index contributed by atoms with van der Waals surface area (Å²) in [6, 6.07) is 8.15. The van der Waals surface area contributed by atoms with Crippen LogP contribution in [0.2, 0.25) is 0 Å². The predicted molar refractivity (Wildman–Crippen MR) is 114 cm³/mol. The summed E-state index contributed by atoms with van der Waals surface area (Å²) in [6.45, 7) is 1.93. The van der Waals surface area contributed by atoms with Gasteiger partial charge in [0.25, 0.3) is 0 Å². The number of ether oxygens (including phenoxy) is 1. The molecular weight excluding hydrogens is 364 g/mol. The van der Waals surface area contributed by atoms with Crippen LogP contribution >= 0.6 is 0 Å². The first-order valence-electron chi connectivity index (χ1n) is 10.7. The third-order valence-electron chi connectivity index (χ3n) is 6.31. The summed E-state index contributed by atoms with van der Waals surface area (Å²) >= 11 is 0. The van der Waals surface area contributed by atoms with Crippen LogP contribution < -0.4 is 10.2 Å². The second-order valence-corrected chi connectivity index (χ2v) is 8.56. The first kappa shape index (κ1) is 19.7. The molecule has 1 saturated carbocycles. The fourth-order valence-corrected chi connectivity index (χ4v) is 4.77. The largest absolute Gasteiger partial charge is 0.459 e. The SMILES string of the molecule is CC1=C(C(=O)OC2CCCC2)[C@H](c2ccc(N(C)C)cc2)C2=C(CCCC2=O)N1. The Morgan fingerprint density at radius 1 is 1.07 bits per heavy atom. The van der Waals surface area contributed by atoms with Gasteiger partial charge in [-0.15, -0.1) is 0 Å². The van der Waals surface area contributed by atoms with Gasteiger partial charge in [0.2, 0.25) is 0 Å². The van der Waals surface area contributed by atoms with E-state index in [1.807, 2.05) is 50.2 Å². The van der Waals surface area contributed by atoms with Crippen molar-refractivity contribution in [2.75, 3.05) is 19.0 Å². The third-order valence-corrected chi connectivity index (χ3v) is 6.31. The Morgan fingerprint density at radius 3 is 2.41 bits per heavy atom. The predicted octanol–water partition coefficient (Wildman–Crippen LogP) is 4.21. The van der Waals surface area contributed by atoms with E-state index >= 15 is 0 Å². The zero-order valence-corrected chi connectivity index (χ0v) is 17.6. The standard InChI is InChI=1S/C24H30N2O3/c1-15-21(24(28)29-18-7-4-5-8-18)22(16-11-13-17(14-12-16)26(2)3)23-19(25-15)9-6-10-20(23)27/h11-14,18,22,25H,4-10H2,1-3H3/t22-/m0/s1. The minimum atomic E-state index is -0.357. The first-order chi connectivity index (χ1) is 14.0. The second kappa shape index (κ2) is 8.05. The molecule has 5 heteroatoms. The van der Waals surface area contributed by atoms with Crippen molar-refractivity contribution in [2.24, 2.45) is 0 Å². The highest BCUT2D eigenvalue weighted by molar-refractivity contribution is 6.03. The van der Waals surface area contributed by atoms with Crippen molar-refractivity contribution >= 4 is 17.4 Å². The summed E-state index contributed by atoms with van der Waals surface area (Å²) < 4.78 is 5.87. The molecule has 29 heavy (non-hydrogen) atoms. The van der Waals surface area contributed by atoms with Gasteiger partial charge in [-0.25, -0.2) is 4.79 Å². The second-order valence-electron chi connectivity index (χ2n) is 8.56. The molecule has 0 saturated heterocycles. The summed E-state index contributed by atoms with van der Waals surface area (Å²) in [7, 11) is 4.00. The number of carbonyl (C=O) groups is 2. The molecule has 0 aromatic heterocycles. The Bertz CT molecular complexity index is 874. The number of hydrogen-bond acceptors (Lipinski definition) is 5. The van der Waals surface area contributed by atoms with E-state index in [4.69, 9.17) is 4.74 Å². The van der Waals surface area contributed by atoms with Crippen LogP contribution in [0.3, 0.4) is 0 Å². The highest BCUT2D eigenvalue weighted by Crippen LogP contribution is 2.43. The molecule has 1 atom stereocenters. The van der Waals surface area contributed by atoms with E-state index in [2.05, 4.69) is 5.32 Å². The zero-order valence-electron chi connectivity index (χ0n) is 17.6. The molecule has 1 heterocycles. The highest BCUT2D eigenvalue weighted by Gasteiger charge is 2.39. The number of rotatable bonds is 4. The summed E-state index contributed by atoms with van der Waals surface area (Å²) in [5.41, 5.74) is 5.17. The van der Waals surface area contributed by atoms with Gasteiger partial charge in [0.15, 0.2) is 5.78 Å². The molecule has 5 nitrogen and oxygen atoms in total. The van der Waals surface area contributed by atoms with Crippen LogP contribution in [0.4, 0.5) is 5.69 Å². The Kier molecular flexibility index (Phi) is 5.48. The molecule has 1 aliphatic heterocycles. The van der Waals surface area contributed by atoms with Crippen LogP contribution in [0.1, 0.15) is 63.4 Å². The van der Waals surface area contributed by atoms with Crippen LogP contribution in [0.15, 0.2) is 46.8 Å². The van der Waals surface area contributed by atoms with Crippen LogP contribution in [-0.4, -0.2) is 32.0 Å². The Morgan fingerprint density at radius 2 is 1.76 bits per heavy atom. The van der Waals surface area contributed by atoms with Crippen molar-refractivity contribution < 1.29 is 14.3 Å². The van der Waals surface area contributed by atoms with E-state index in [-0.39, 0.29) is 23.8 Å². The van der Waals surface area contributed by atoms with Gasteiger partial charge in [-0.05, 0) is 63.1 Å². The number of nitrogens with zero attached hydrogens (tertiary/aromatic N) is 1. The van der Waals surface area contributed by atoms with Gasteiger partial charge >= 0.3 is 5.97 Å². The molecule has 0 spiro atoms. The van der Waals surface area contributed by atoms with E-state index in [0.717, 1.165) is 66.7 Å². The van der Waals surface area contributed by atoms with Gasteiger partial charge in [0.1, 0.15) is 6.10 Å². The van der Waals surface area contributed by atoms with E-state index in [1.54, 1.807) is 0 Å². The molecular formula is C24H30N2O3. The van der Waals surface area contributed by atoms with Gasteiger partial charge in [0.05, 0.1) is 5.57 Å². The normalized spacial score (nSPS) is 22.4. The fraction of sp³-hybridized carbons (Fsp3) is 0.500.